The van der Waals surface area contributed by atoms with Crippen molar-refractivity contribution in [1.82, 2.24) is 4.90 Å². The van der Waals surface area contributed by atoms with Crippen LogP contribution in [0.15, 0.2) is 24.3 Å². The predicted octanol–water partition coefficient (Wildman–Crippen LogP) is 2.82. The van der Waals surface area contributed by atoms with Crippen molar-refractivity contribution in [1.29, 1.82) is 0 Å². The van der Waals surface area contributed by atoms with Gasteiger partial charge in [-0.2, -0.15) is 0 Å². The topological polar surface area (TPSA) is 38.5 Å². The third-order valence-corrected chi connectivity index (χ3v) is 4.17. The highest BCUT2D eigenvalue weighted by molar-refractivity contribution is 5.37. The van der Waals surface area contributed by atoms with Crippen molar-refractivity contribution in [2.24, 2.45) is 5.73 Å². The molecule has 3 nitrogen and oxygen atoms in total. The Labute approximate surface area is 111 Å². The average molecular weight is 250 g/mol. The molecule has 0 aliphatic carbocycles. The Morgan fingerprint density at radius 1 is 1.22 bits per heavy atom. The average Bonchev–Trinajstić information content (AvgIpc) is 2.40. The van der Waals surface area contributed by atoms with Gasteiger partial charge in [-0.05, 0) is 33.0 Å². The highest BCUT2D eigenvalue weighted by atomic mass is 16.5. The molecule has 0 aliphatic heterocycles. The fraction of sp³-hybridized carbons (Fsp3) is 0.600. The third-order valence-electron chi connectivity index (χ3n) is 4.17. The van der Waals surface area contributed by atoms with Crippen molar-refractivity contribution >= 4 is 0 Å². The van der Waals surface area contributed by atoms with E-state index in [2.05, 4.69) is 38.9 Å². The summed E-state index contributed by atoms with van der Waals surface area (Å²) in [6.45, 7) is 4.39. The molecule has 0 amide bonds. The first-order valence-corrected chi connectivity index (χ1v) is 6.59. The summed E-state index contributed by atoms with van der Waals surface area (Å²) >= 11 is 0. The van der Waals surface area contributed by atoms with Crippen LogP contribution in [-0.2, 0) is 0 Å². The van der Waals surface area contributed by atoms with Crippen LogP contribution in [0.3, 0.4) is 0 Å². The van der Waals surface area contributed by atoms with Crippen molar-refractivity contribution in [3.8, 4) is 5.75 Å². The molecule has 1 aromatic rings. The molecule has 0 spiro atoms. The molecule has 18 heavy (non-hydrogen) atoms. The molecule has 102 valence electrons. The summed E-state index contributed by atoms with van der Waals surface area (Å²) in [5.74, 6) is 0.873. The van der Waals surface area contributed by atoms with Gasteiger partial charge in [-0.1, -0.05) is 32.0 Å². The van der Waals surface area contributed by atoms with Crippen LogP contribution in [0, 0.1) is 0 Å². The van der Waals surface area contributed by atoms with Crippen LogP contribution in [0.5, 0.6) is 5.75 Å². The minimum Gasteiger partial charge on any atom is -0.496 e. The minimum atomic E-state index is -0.0568. The highest BCUT2D eigenvalue weighted by Gasteiger charge is 2.37. The molecule has 3 heteroatoms. The first-order valence-electron chi connectivity index (χ1n) is 6.59. The Bertz CT molecular complexity index is 373. The smallest absolute Gasteiger partial charge is 0.123 e. The van der Waals surface area contributed by atoms with Crippen LogP contribution in [-0.4, -0.2) is 31.6 Å². The molecule has 1 rings (SSSR count). The lowest BCUT2D eigenvalue weighted by Crippen LogP contribution is -2.51. The lowest BCUT2D eigenvalue weighted by Gasteiger charge is -2.44. The summed E-state index contributed by atoms with van der Waals surface area (Å²) in [7, 11) is 5.89. The second kappa shape index (κ2) is 6.21. The number of rotatable bonds is 6. The largest absolute Gasteiger partial charge is 0.496 e. The van der Waals surface area contributed by atoms with Gasteiger partial charge in [-0.3, -0.25) is 0 Å². The lowest BCUT2D eigenvalue weighted by molar-refractivity contribution is 0.104. The van der Waals surface area contributed by atoms with Crippen molar-refractivity contribution in [2.75, 3.05) is 21.2 Å². The molecule has 0 radical (unpaired) electrons. The van der Waals surface area contributed by atoms with Crippen LogP contribution in [0.4, 0.5) is 0 Å². The summed E-state index contributed by atoms with van der Waals surface area (Å²) < 4.78 is 5.43. The van der Waals surface area contributed by atoms with Gasteiger partial charge in [0.25, 0.3) is 0 Å². The molecule has 1 aromatic carbocycles. The van der Waals surface area contributed by atoms with E-state index in [1.165, 1.54) is 0 Å². The van der Waals surface area contributed by atoms with Crippen molar-refractivity contribution in [2.45, 2.75) is 38.3 Å². The monoisotopic (exact) mass is 250 g/mol. The van der Waals surface area contributed by atoms with Gasteiger partial charge in [-0.25, -0.2) is 0 Å². The van der Waals surface area contributed by atoms with Crippen LogP contribution in [0.1, 0.15) is 38.3 Å². The van der Waals surface area contributed by atoms with Crippen LogP contribution >= 0.6 is 0 Å². The quantitative estimate of drug-likeness (QED) is 0.843. The van der Waals surface area contributed by atoms with E-state index in [-0.39, 0.29) is 11.6 Å². The van der Waals surface area contributed by atoms with E-state index >= 15 is 0 Å². The molecule has 0 saturated heterocycles. The summed E-state index contributed by atoms with van der Waals surface area (Å²) in [5.41, 5.74) is 7.60. The maximum absolute atomic E-state index is 6.55. The molecular weight excluding hydrogens is 224 g/mol. The number of para-hydroxylation sites is 1. The van der Waals surface area contributed by atoms with Gasteiger partial charge in [0, 0.05) is 11.1 Å². The van der Waals surface area contributed by atoms with Gasteiger partial charge in [0.2, 0.25) is 0 Å². The van der Waals surface area contributed by atoms with Gasteiger partial charge in [0.1, 0.15) is 5.75 Å². The molecule has 0 bridgehead atoms. The van der Waals surface area contributed by atoms with E-state index in [0.717, 1.165) is 24.2 Å². The van der Waals surface area contributed by atoms with E-state index in [1.54, 1.807) is 7.11 Å². The summed E-state index contributed by atoms with van der Waals surface area (Å²) in [5, 5.41) is 0. The zero-order valence-electron chi connectivity index (χ0n) is 12.2. The SMILES string of the molecule is CCC(CC)(C(N)c1ccccc1OC)N(C)C. The Hall–Kier alpha value is -1.06. The molecular formula is C15H26N2O. The van der Waals surface area contributed by atoms with Gasteiger partial charge in [0.15, 0.2) is 0 Å². The molecule has 1 atom stereocenters. The van der Waals surface area contributed by atoms with E-state index in [0.29, 0.717) is 0 Å². The van der Waals surface area contributed by atoms with E-state index in [9.17, 15) is 0 Å². The number of benzene rings is 1. The maximum atomic E-state index is 6.55. The van der Waals surface area contributed by atoms with E-state index < -0.39 is 0 Å². The molecule has 2 N–H and O–H groups in total. The number of hydrogen-bond acceptors (Lipinski definition) is 3. The Morgan fingerprint density at radius 3 is 2.22 bits per heavy atom. The third kappa shape index (κ3) is 2.52. The Kier molecular flexibility index (Phi) is 5.17. The minimum absolute atomic E-state index is 0.0331. The first kappa shape index (κ1) is 15.0. The Morgan fingerprint density at radius 2 is 1.78 bits per heavy atom. The van der Waals surface area contributed by atoms with Gasteiger partial charge >= 0.3 is 0 Å². The summed E-state index contributed by atoms with van der Waals surface area (Å²) in [6, 6.07) is 7.97. The fourth-order valence-corrected chi connectivity index (χ4v) is 2.81. The fourth-order valence-electron chi connectivity index (χ4n) is 2.81. The highest BCUT2D eigenvalue weighted by Crippen LogP contribution is 2.37. The molecule has 0 heterocycles. The van der Waals surface area contributed by atoms with Crippen molar-refractivity contribution < 1.29 is 4.74 Å². The Balaban J connectivity index is 3.21. The summed E-state index contributed by atoms with van der Waals surface area (Å²) in [6.07, 6.45) is 2.02. The van der Waals surface area contributed by atoms with E-state index in [4.69, 9.17) is 10.5 Å². The standard InChI is InChI=1S/C15H26N2O/c1-6-15(7-2,17(3)4)14(16)12-10-8-9-11-13(12)18-5/h8-11,14H,6-7,16H2,1-5H3. The zero-order chi connectivity index (χ0) is 13.8. The lowest BCUT2D eigenvalue weighted by atomic mass is 9.80. The number of nitrogens with two attached hydrogens (primary N) is 1. The van der Waals surface area contributed by atoms with Gasteiger partial charge in [-0.15, -0.1) is 0 Å². The normalized spacial score (nSPS) is 13.7. The number of ether oxygens (including phenoxy) is 1. The van der Waals surface area contributed by atoms with Crippen LogP contribution in [0.25, 0.3) is 0 Å². The predicted molar refractivity (Wildman–Crippen MR) is 76.9 cm³/mol. The van der Waals surface area contributed by atoms with E-state index in [1.807, 2.05) is 18.2 Å². The molecule has 0 aromatic heterocycles. The van der Waals surface area contributed by atoms with Gasteiger partial charge < -0.3 is 15.4 Å². The maximum Gasteiger partial charge on any atom is 0.123 e. The summed E-state index contributed by atoms with van der Waals surface area (Å²) in [4.78, 5) is 2.24. The van der Waals surface area contributed by atoms with Crippen molar-refractivity contribution in [3.63, 3.8) is 0 Å². The van der Waals surface area contributed by atoms with Crippen molar-refractivity contribution in [3.05, 3.63) is 29.8 Å². The molecule has 0 fully saturated rings. The second-order valence-corrected chi connectivity index (χ2v) is 4.92. The number of hydrogen-bond donors (Lipinski definition) is 1. The second-order valence-electron chi connectivity index (χ2n) is 4.92. The van der Waals surface area contributed by atoms with Crippen LogP contribution < -0.4 is 10.5 Å². The molecule has 0 aliphatic rings. The molecule has 0 saturated carbocycles. The van der Waals surface area contributed by atoms with Crippen LogP contribution in [0.2, 0.25) is 0 Å². The molecule has 1 unspecified atom stereocenters. The first-order chi connectivity index (χ1) is 8.53. The number of likely N-dealkylation sites (N-methyl/N-ethyl adjacent to an activating group) is 1. The number of methoxy groups -OCH3 is 1. The number of nitrogens with zero attached hydrogens (tertiary/aromatic N) is 1. The van der Waals surface area contributed by atoms with Gasteiger partial charge in [0.05, 0.1) is 13.2 Å². The zero-order valence-corrected chi connectivity index (χ0v) is 12.2.